The molecule has 2 aliphatic carbocycles. The van der Waals surface area contributed by atoms with Gasteiger partial charge in [0.1, 0.15) is 12.2 Å². The van der Waals surface area contributed by atoms with Crippen LogP contribution in [0.25, 0.3) is 0 Å². The van der Waals surface area contributed by atoms with Gasteiger partial charge in [-0.05, 0) is 18.3 Å². The maximum atomic E-state index is 12.2. The maximum Gasteiger partial charge on any atom is 0.307 e. The Morgan fingerprint density at radius 1 is 1.37 bits per heavy atom. The second-order valence-electron chi connectivity index (χ2n) is 4.99. The number of hydrogen-bond acceptors (Lipinski definition) is 4. The second-order valence-corrected chi connectivity index (χ2v) is 4.99. The van der Waals surface area contributed by atoms with Gasteiger partial charge in [-0.25, -0.2) is 4.98 Å². The zero-order chi connectivity index (χ0) is 13.4. The van der Waals surface area contributed by atoms with Crippen LogP contribution in [0.3, 0.4) is 0 Å². The first kappa shape index (κ1) is 11.9. The fourth-order valence-corrected chi connectivity index (χ4v) is 3.12. The molecule has 1 aromatic heterocycles. The number of carboxylic acid groups (broad SMARTS) is 1. The van der Waals surface area contributed by atoms with Gasteiger partial charge in [-0.2, -0.15) is 5.10 Å². The summed E-state index contributed by atoms with van der Waals surface area (Å²) in [5, 5.41) is 18.3. The van der Waals surface area contributed by atoms with Crippen molar-refractivity contribution >= 4 is 11.9 Å². The summed E-state index contributed by atoms with van der Waals surface area (Å²) in [6.45, 7) is 0.239. The fraction of sp³-hybridized carbons (Fsp3) is 0.500. The zero-order valence-corrected chi connectivity index (χ0v) is 10.1. The van der Waals surface area contributed by atoms with E-state index in [1.165, 1.54) is 6.33 Å². The molecule has 3 N–H and O–H groups in total. The van der Waals surface area contributed by atoms with Crippen molar-refractivity contribution in [3.05, 3.63) is 24.3 Å². The van der Waals surface area contributed by atoms with Crippen molar-refractivity contribution in [3.8, 4) is 0 Å². The molecule has 2 bridgehead atoms. The highest BCUT2D eigenvalue weighted by Gasteiger charge is 2.51. The van der Waals surface area contributed by atoms with Crippen molar-refractivity contribution < 1.29 is 14.7 Å². The van der Waals surface area contributed by atoms with Gasteiger partial charge in [0.25, 0.3) is 0 Å². The summed E-state index contributed by atoms with van der Waals surface area (Å²) in [4.78, 5) is 27.4. The van der Waals surface area contributed by atoms with Crippen molar-refractivity contribution in [2.24, 2.45) is 23.7 Å². The number of carbonyl (C=O) groups excluding carboxylic acids is 1. The van der Waals surface area contributed by atoms with E-state index in [4.69, 9.17) is 0 Å². The van der Waals surface area contributed by atoms with Crippen LogP contribution in [0, 0.1) is 23.7 Å². The van der Waals surface area contributed by atoms with Crippen LogP contribution in [0.4, 0.5) is 0 Å². The summed E-state index contributed by atoms with van der Waals surface area (Å²) in [6.07, 6.45) is 6.01. The molecule has 100 valence electrons. The Bertz CT molecular complexity index is 525. The number of carboxylic acids is 1. The van der Waals surface area contributed by atoms with Gasteiger partial charge in [0, 0.05) is 0 Å². The molecule has 3 rings (SSSR count). The SMILES string of the molecule is O=C(O)[C@@H]1C2C=CC(C2)[C@@H]1C(=O)NCc1ncn[nH]1. The molecule has 0 saturated heterocycles. The number of nitrogens with one attached hydrogen (secondary N) is 2. The van der Waals surface area contributed by atoms with E-state index in [2.05, 4.69) is 20.5 Å². The van der Waals surface area contributed by atoms with Crippen LogP contribution in [-0.4, -0.2) is 32.2 Å². The van der Waals surface area contributed by atoms with Crippen LogP contribution in [-0.2, 0) is 16.1 Å². The second kappa shape index (κ2) is 4.49. The standard InChI is InChI=1S/C12H14N4O3/c17-11(13-4-8-14-5-15-16-8)9-6-1-2-7(3-6)10(9)12(18)19/h1-2,5-7,9-10H,3-4H2,(H,13,17)(H,18,19)(H,14,15,16)/t6?,7?,9-,10+/m0/s1. The number of carbonyl (C=O) groups is 2. The number of aromatic nitrogens is 3. The summed E-state index contributed by atoms with van der Waals surface area (Å²) >= 11 is 0. The number of hydrogen-bond donors (Lipinski definition) is 3. The van der Waals surface area contributed by atoms with Crippen molar-refractivity contribution in [3.63, 3.8) is 0 Å². The van der Waals surface area contributed by atoms with Gasteiger partial charge in [0.15, 0.2) is 0 Å². The van der Waals surface area contributed by atoms with Crippen molar-refractivity contribution in [2.45, 2.75) is 13.0 Å². The van der Waals surface area contributed by atoms with Crippen molar-refractivity contribution in [1.82, 2.24) is 20.5 Å². The van der Waals surface area contributed by atoms with Crippen LogP contribution >= 0.6 is 0 Å². The highest BCUT2D eigenvalue weighted by atomic mass is 16.4. The lowest BCUT2D eigenvalue weighted by atomic mass is 9.82. The normalized spacial score (nSPS) is 31.6. The number of aromatic amines is 1. The Morgan fingerprint density at radius 2 is 2.11 bits per heavy atom. The van der Waals surface area contributed by atoms with Gasteiger partial charge in [0.2, 0.25) is 5.91 Å². The highest BCUT2D eigenvalue weighted by Crippen LogP contribution is 2.48. The average molecular weight is 262 g/mol. The molecule has 1 aromatic rings. The quantitative estimate of drug-likeness (QED) is 0.659. The Labute approximate surface area is 109 Å². The smallest absolute Gasteiger partial charge is 0.307 e. The third kappa shape index (κ3) is 2.00. The largest absolute Gasteiger partial charge is 0.481 e. The van der Waals surface area contributed by atoms with E-state index in [-0.39, 0.29) is 24.3 Å². The number of nitrogens with zero attached hydrogens (tertiary/aromatic N) is 2. The number of H-pyrrole nitrogens is 1. The molecule has 0 radical (unpaired) electrons. The maximum absolute atomic E-state index is 12.2. The minimum atomic E-state index is -0.892. The minimum absolute atomic E-state index is 0.0106. The molecule has 1 heterocycles. The van der Waals surface area contributed by atoms with E-state index in [0.717, 1.165) is 6.42 Å². The first-order valence-electron chi connectivity index (χ1n) is 6.20. The predicted octanol–water partition coefficient (Wildman–Crippen LogP) is -0.0562. The number of rotatable bonds is 4. The topological polar surface area (TPSA) is 108 Å². The summed E-state index contributed by atoms with van der Waals surface area (Å²) in [7, 11) is 0. The number of aliphatic carboxylic acids is 1. The Hall–Kier alpha value is -2.18. The minimum Gasteiger partial charge on any atom is -0.481 e. The number of fused-ring (bicyclic) bond motifs is 2. The molecule has 0 aliphatic heterocycles. The summed E-state index contributed by atoms with van der Waals surface area (Å²) in [6, 6.07) is 0. The van der Waals surface area contributed by atoms with E-state index < -0.39 is 17.8 Å². The average Bonchev–Trinajstić information content (AvgIpc) is 3.10. The molecule has 2 unspecified atom stereocenters. The molecule has 1 amide bonds. The van der Waals surface area contributed by atoms with E-state index in [0.29, 0.717) is 5.82 Å². The number of allylic oxidation sites excluding steroid dienone is 2. The third-order valence-corrected chi connectivity index (χ3v) is 3.94. The van der Waals surface area contributed by atoms with Crippen molar-refractivity contribution in [2.75, 3.05) is 0 Å². The summed E-state index contributed by atoms with van der Waals surface area (Å²) in [5.41, 5.74) is 0. The molecular weight excluding hydrogens is 248 g/mol. The third-order valence-electron chi connectivity index (χ3n) is 3.94. The van der Waals surface area contributed by atoms with Crippen LogP contribution < -0.4 is 5.32 Å². The highest BCUT2D eigenvalue weighted by molar-refractivity contribution is 5.86. The molecule has 1 fully saturated rings. The molecule has 0 spiro atoms. The van der Waals surface area contributed by atoms with E-state index in [9.17, 15) is 14.7 Å². The van der Waals surface area contributed by atoms with Crippen LogP contribution in [0.1, 0.15) is 12.2 Å². The zero-order valence-electron chi connectivity index (χ0n) is 10.1. The van der Waals surface area contributed by atoms with Gasteiger partial charge < -0.3 is 10.4 Å². The molecule has 4 atom stereocenters. The van der Waals surface area contributed by atoms with Gasteiger partial charge in [-0.1, -0.05) is 12.2 Å². The van der Waals surface area contributed by atoms with Crippen molar-refractivity contribution in [1.29, 1.82) is 0 Å². The van der Waals surface area contributed by atoms with Gasteiger partial charge in [-0.3, -0.25) is 14.7 Å². The lowest BCUT2D eigenvalue weighted by Gasteiger charge is -2.23. The first-order valence-corrected chi connectivity index (χ1v) is 6.20. The Morgan fingerprint density at radius 3 is 2.74 bits per heavy atom. The molecule has 2 aliphatic rings. The predicted molar refractivity (Wildman–Crippen MR) is 63.6 cm³/mol. The fourth-order valence-electron chi connectivity index (χ4n) is 3.12. The van der Waals surface area contributed by atoms with Gasteiger partial charge in [0.05, 0.1) is 18.4 Å². The van der Waals surface area contributed by atoms with E-state index in [1.807, 2.05) is 12.2 Å². The molecule has 1 saturated carbocycles. The van der Waals surface area contributed by atoms with Crippen LogP contribution in [0.15, 0.2) is 18.5 Å². The number of amides is 1. The lowest BCUT2D eigenvalue weighted by Crippen LogP contribution is -2.40. The monoisotopic (exact) mass is 262 g/mol. The van der Waals surface area contributed by atoms with Gasteiger partial charge in [-0.15, -0.1) is 0 Å². The molecule has 0 aromatic carbocycles. The summed E-state index contributed by atoms with van der Waals surface area (Å²) < 4.78 is 0. The van der Waals surface area contributed by atoms with Gasteiger partial charge >= 0.3 is 5.97 Å². The lowest BCUT2D eigenvalue weighted by molar-refractivity contribution is -0.147. The molecule has 19 heavy (non-hydrogen) atoms. The Kier molecular flexibility index (Phi) is 2.81. The van der Waals surface area contributed by atoms with E-state index in [1.54, 1.807) is 0 Å². The molecule has 7 nitrogen and oxygen atoms in total. The Balaban J connectivity index is 1.68. The molecular formula is C12H14N4O3. The van der Waals surface area contributed by atoms with E-state index >= 15 is 0 Å². The summed E-state index contributed by atoms with van der Waals surface area (Å²) in [5.74, 6) is -1.61. The van der Waals surface area contributed by atoms with Crippen LogP contribution in [0.5, 0.6) is 0 Å². The first-order chi connectivity index (χ1) is 9.16. The van der Waals surface area contributed by atoms with Crippen LogP contribution in [0.2, 0.25) is 0 Å². The molecule has 7 heteroatoms.